The summed E-state index contributed by atoms with van der Waals surface area (Å²) in [4.78, 5) is 12.0. The molecule has 5 nitrogen and oxygen atoms in total. The van der Waals surface area contributed by atoms with Crippen LogP contribution in [0.5, 0.6) is 0 Å². The first-order chi connectivity index (χ1) is 8.41. The summed E-state index contributed by atoms with van der Waals surface area (Å²) in [6.07, 6.45) is 4.80. The fourth-order valence-electron chi connectivity index (χ4n) is 1.93. The fraction of sp³-hybridized carbons (Fsp3) is 0.692. The Kier molecular flexibility index (Phi) is 5.19. The summed E-state index contributed by atoms with van der Waals surface area (Å²) in [6.45, 7) is 6.43. The maximum Gasteiger partial charge on any atom is 0.271 e. The number of carbonyl (C=O) groups is 1. The number of anilines is 1. The standard InChI is InChI=1S/C13H24N4O/c1-9(2)6-5-7-10(3)16-13(18)12-11(14)8-15-17(12)4/h8-10H,5-7,14H2,1-4H3,(H,16,18). The van der Waals surface area contributed by atoms with Crippen molar-refractivity contribution in [2.75, 3.05) is 5.73 Å². The summed E-state index contributed by atoms with van der Waals surface area (Å²) in [5, 5.41) is 6.92. The number of rotatable bonds is 6. The molecule has 3 N–H and O–H groups in total. The molecule has 0 fully saturated rings. The lowest BCUT2D eigenvalue weighted by atomic mass is 10.0. The van der Waals surface area contributed by atoms with Crippen LogP contribution in [0.1, 0.15) is 50.5 Å². The minimum atomic E-state index is -0.149. The van der Waals surface area contributed by atoms with Crippen LogP contribution in [-0.4, -0.2) is 21.7 Å². The predicted molar refractivity (Wildman–Crippen MR) is 73.2 cm³/mol. The molecule has 0 radical (unpaired) electrons. The summed E-state index contributed by atoms with van der Waals surface area (Å²) >= 11 is 0. The lowest BCUT2D eigenvalue weighted by Gasteiger charge is -2.14. The van der Waals surface area contributed by atoms with Crippen molar-refractivity contribution in [3.8, 4) is 0 Å². The first-order valence-corrected chi connectivity index (χ1v) is 6.50. The van der Waals surface area contributed by atoms with Crippen LogP contribution in [0.15, 0.2) is 6.20 Å². The van der Waals surface area contributed by atoms with E-state index < -0.39 is 0 Å². The first kappa shape index (κ1) is 14.5. The van der Waals surface area contributed by atoms with Crippen LogP contribution in [0.2, 0.25) is 0 Å². The van der Waals surface area contributed by atoms with Crippen LogP contribution in [0.25, 0.3) is 0 Å². The molecule has 0 spiro atoms. The molecule has 0 bridgehead atoms. The molecule has 1 aromatic heterocycles. The number of carbonyl (C=O) groups excluding carboxylic acids is 1. The summed E-state index contributed by atoms with van der Waals surface area (Å²) in [5.74, 6) is 0.560. The SMILES string of the molecule is CC(C)CCCC(C)NC(=O)c1c(N)cnn1C. The van der Waals surface area contributed by atoms with Crippen molar-refractivity contribution in [2.45, 2.75) is 46.1 Å². The number of nitrogen functional groups attached to an aromatic ring is 1. The van der Waals surface area contributed by atoms with E-state index >= 15 is 0 Å². The molecule has 102 valence electrons. The summed E-state index contributed by atoms with van der Waals surface area (Å²) < 4.78 is 1.51. The molecule has 0 saturated carbocycles. The number of hydrogen-bond donors (Lipinski definition) is 2. The highest BCUT2D eigenvalue weighted by molar-refractivity contribution is 5.97. The topological polar surface area (TPSA) is 72.9 Å². The van der Waals surface area contributed by atoms with Gasteiger partial charge in [0.2, 0.25) is 0 Å². The number of hydrogen-bond acceptors (Lipinski definition) is 3. The second kappa shape index (κ2) is 6.42. The second-order valence-electron chi connectivity index (χ2n) is 5.27. The van der Waals surface area contributed by atoms with E-state index in [1.54, 1.807) is 7.05 Å². The Bertz CT molecular complexity index is 378. The van der Waals surface area contributed by atoms with Gasteiger partial charge in [-0.25, -0.2) is 0 Å². The minimum Gasteiger partial charge on any atom is -0.396 e. The summed E-state index contributed by atoms with van der Waals surface area (Å²) in [7, 11) is 1.72. The van der Waals surface area contributed by atoms with Crippen LogP contribution < -0.4 is 11.1 Å². The van der Waals surface area contributed by atoms with Crippen LogP contribution in [0.3, 0.4) is 0 Å². The fourth-order valence-corrected chi connectivity index (χ4v) is 1.93. The smallest absolute Gasteiger partial charge is 0.271 e. The van der Waals surface area contributed by atoms with Crippen molar-refractivity contribution in [2.24, 2.45) is 13.0 Å². The van der Waals surface area contributed by atoms with Crippen LogP contribution in [0, 0.1) is 5.92 Å². The lowest BCUT2D eigenvalue weighted by molar-refractivity contribution is 0.0929. The van der Waals surface area contributed by atoms with E-state index in [-0.39, 0.29) is 11.9 Å². The zero-order chi connectivity index (χ0) is 13.7. The van der Waals surface area contributed by atoms with Crippen molar-refractivity contribution < 1.29 is 4.79 Å². The first-order valence-electron chi connectivity index (χ1n) is 6.50. The number of nitrogens with two attached hydrogens (primary N) is 1. The Labute approximate surface area is 109 Å². The molecule has 1 amide bonds. The number of nitrogens with one attached hydrogen (secondary N) is 1. The number of aryl methyl sites for hydroxylation is 1. The van der Waals surface area contributed by atoms with E-state index in [1.807, 2.05) is 6.92 Å². The molecule has 0 aromatic carbocycles. The number of amides is 1. The summed E-state index contributed by atoms with van der Waals surface area (Å²) in [5.41, 5.74) is 6.57. The zero-order valence-corrected chi connectivity index (χ0v) is 11.7. The maximum atomic E-state index is 12.0. The van der Waals surface area contributed by atoms with Gasteiger partial charge in [-0.3, -0.25) is 9.48 Å². The average Bonchev–Trinajstić information content (AvgIpc) is 2.57. The quantitative estimate of drug-likeness (QED) is 0.812. The van der Waals surface area contributed by atoms with Gasteiger partial charge >= 0.3 is 0 Å². The molecule has 0 aliphatic rings. The van der Waals surface area contributed by atoms with Crippen LogP contribution in [0.4, 0.5) is 5.69 Å². The Hall–Kier alpha value is -1.52. The average molecular weight is 252 g/mol. The van der Waals surface area contributed by atoms with Crippen LogP contribution >= 0.6 is 0 Å². The van der Waals surface area contributed by atoms with Gasteiger partial charge in [-0.15, -0.1) is 0 Å². The van der Waals surface area contributed by atoms with Crippen molar-refractivity contribution >= 4 is 11.6 Å². The van der Waals surface area contributed by atoms with E-state index in [0.29, 0.717) is 17.3 Å². The molecule has 1 unspecified atom stereocenters. The highest BCUT2D eigenvalue weighted by atomic mass is 16.2. The van der Waals surface area contributed by atoms with Gasteiger partial charge in [0.05, 0.1) is 11.9 Å². The molecule has 0 aliphatic carbocycles. The molecule has 1 rings (SSSR count). The van der Waals surface area contributed by atoms with Crippen molar-refractivity contribution in [3.05, 3.63) is 11.9 Å². The van der Waals surface area contributed by atoms with Gasteiger partial charge in [-0.1, -0.05) is 26.7 Å². The third-order valence-corrected chi connectivity index (χ3v) is 2.98. The van der Waals surface area contributed by atoms with Gasteiger partial charge in [-0.2, -0.15) is 5.10 Å². The van der Waals surface area contributed by atoms with Crippen molar-refractivity contribution in [1.29, 1.82) is 0 Å². The predicted octanol–water partition coefficient (Wildman–Crippen LogP) is 1.95. The molecule has 5 heteroatoms. The van der Waals surface area contributed by atoms with Crippen molar-refractivity contribution in [1.82, 2.24) is 15.1 Å². The van der Waals surface area contributed by atoms with E-state index in [1.165, 1.54) is 17.3 Å². The third kappa shape index (κ3) is 4.05. The largest absolute Gasteiger partial charge is 0.396 e. The van der Waals surface area contributed by atoms with E-state index in [0.717, 1.165) is 12.8 Å². The second-order valence-corrected chi connectivity index (χ2v) is 5.27. The van der Waals surface area contributed by atoms with Gasteiger partial charge < -0.3 is 11.1 Å². The minimum absolute atomic E-state index is 0.149. The Morgan fingerprint density at radius 3 is 2.61 bits per heavy atom. The third-order valence-electron chi connectivity index (χ3n) is 2.98. The maximum absolute atomic E-state index is 12.0. The Balaban J connectivity index is 2.45. The van der Waals surface area contributed by atoms with Gasteiger partial charge in [0.15, 0.2) is 0 Å². The molecule has 18 heavy (non-hydrogen) atoms. The zero-order valence-electron chi connectivity index (χ0n) is 11.7. The van der Waals surface area contributed by atoms with Crippen LogP contribution in [-0.2, 0) is 7.05 Å². The highest BCUT2D eigenvalue weighted by Crippen LogP contribution is 2.11. The van der Waals surface area contributed by atoms with E-state index in [2.05, 4.69) is 24.3 Å². The molecule has 0 saturated heterocycles. The number of nitrogens with zero attached hydrogens (tertiary/aromatic N) is 2. The van der Waals surface area contributed by atoms with E-state index in [9.17, 15) is 4.79 Å². The molecular formula is C13H24N4O. The Morgan fingerprint density at radius 1 is 1.44 bits per heavy atom. The molecule has 1 aromatic rings. The molecular weight excluding hydrogens is 228 g/mol. The highest BCUT2D eigenvalue weighted by Gasteiger charge is 2.16. The van der Waals surface area contributed by atoms with E-state index in [4.69, 9.17) is 5.73 Å². The normalized spacial score (nSPS) is 12.7. The molecule has 1 heterocycles. The van der Waals surface area contributed by atoms with Gasteiger partial charge in [0, 0.05) is 13.1 Å². The van der Waals surface area contributed by atoms with Gasteiger partial charge in [0.1, 0.15) is 5.69 Å². The summed E-state index contributed by atoms with van der Waals surface area (Å²) in [6, 6.07) is 0.158. The van der Waals surface area contributed by atoms with Crippen molar-refractivity contribution in [3.63, 3.8) is 0 Å². The molecule has 1 atom stereocenters. The van der Waals surface area contributed by atoms with Gasteiger partial charge in [-0.05, 0) is 19.3 Å². The lowest BCUT2D eigenvalue weighted by Crippen LogP contribution is -2.34. The monoisotopic (exact) mass is 252 g/mol. The Morgan fingerprint density at radius 2 is 2.11 bits per heavy atom. The number of aromatic nitrogens is 2. The van der Waals surface area contributed by atoms with Gasteiger partial charge in [0.25, 0.3) is 5.91 Å². The molecule has 0 aliphatic heterocycles.